The molecule has 32 heavy (non-hydrogen) atoms. The number of hydrogen-bond acceptors (Lipinski definition) is 4. The largest absolute Gasteiger partial charge is 0.482 e. The third-order valence-electron chi connectivity index (χ3n) is 4.27. The fraction of sp³-hybridized carbons (Fsp3) is 0.0870. The fourth-order valence-corrected chi connectivity index (χ4v) is 3.17. The van der Waals surface area contributed by atoms with Crippen LogP contribution in [0.4, 0.5) is 5.69 Å². The number of nitrogens with one attached hydrogen (secondary N) is 2. The van der Waals surface area contributed by atoms with Crippen molar-refractivity contribution in [3.8, 4) is 5.75 Å². The molecule has 0 radical (unpaired) electrons. The van der Waals surface area contributed by atoms with Crippen molar-refractivity contribution in [1.29, 1.82) is 0 Å². The molecule has 6 nitrogen and oxygen atoms in total. The highest BCUT2D eigenvalue weighted by Crippen LogP contribution is 2.27. The number of hydrazone groups is 1. The lowest BCUT2D eigenvalue weighted by Crippen LogP contribution is -2.25. The first-order chi connectivity index (χ1) is 15.3. The molecule has 0 aliphatic carbocycles. The Hall–Kier alpha value is -3.06. The highest BCUT2D eigenvalue weighted by Gasteiger charge is 2.08. The van der Waals surface area contributed by atoms with Crippen LogP contribution in [0, 0.1) is 0 Å². The number of carbonyl (C=O) groups is 2. The van der Waals surface area contributed by atoms with Gasteiger partial charge in [0.15, 0.2) is 6.61 Å². The third-order valence-corrected chi connectivity index (χ3v) is 5.05. The molecule has 3 aromatic rings. The van der Waals surface area contributed by atoms with Crippen molar-refractivity contribution in [3.05, 3.63) is 92.9 Å². The molecule has 2 amide bonds. The quantitative estimate of drug-likeness (QED) is 0.323. The first-order valence-corrected chi connectivity index (χ1v) is 10.5. The van der Waals surface area contributed by atoms with Crippen molar-refractivity contribution in [2.45, 2.75) is 6.92 Å². The van der Waals surface area contributed by atoms with Crippen LogP contribution in [0.3, 0.4) is 0 Å². The van der Waals surface area contributed by atoms with Gasteiger partial charge in [-0.05, 0) is 67.1 Å². The predicted molar refractivity (Wildman–Crippen MR) is 128 cm³/mol. The van der Waals surface area contributed by atoms with E-state index in [1.165, 1.54) is 6.07 Å². The molecule has 164 valence electrons. The van der Waals surface area contributed by atoms with Gasteiger partial charge in [-0.1, -0.05) is 46.9 Å². The van der Waals surface area contributed by atoms with E-state index in [-0.39, 0.29) is 12.5 Å². The lowest BCUT2D eigenvalue weighted by molar-refractivity contribution is -0.123. The van der Waals surface area contributed by atoms with Gasteiger partial charge in [0.2, 0.25) is 0 Å². The Bertz CT molecular complexity index is 1150. The van der Waals surface area contributed by atoms with E-state index in [0.29, 0.717) is 37.8 Å². The number of nitrogens with zero attached hydrogens (tertiary/aromatic N) is 1. The molecule has 0 heterocycles. The average Bonchev–Trinajstić information content (AvgIpc) is 2.77. The molecule has 0 saturated carbocycles. The molecule has 0 bridgehead atoms. The standard InChI is InChI=1S/C23H18Cl3N3O3/c1-14(28-29-22(30)13-32-21-11-8-18(25)12-20(21)26)15-4-9-19(10-5-15)27-23(31)16-2-6-17(24)7-3-16/h2-12H,13H2,1H3,(H,27,31)(H,29,30)/b28-14-. The van der Waals surface area contributed by atoms with Crippen LogP contribution in [0.1, 0.15) is 22.8 Å². The summed E-state index contributed by atoms with van der Waals surface area (Å²) in [5.41, 5.74) is 4.91. The molecule has 0 saturated heterocycles. The van der Waals surface area contributed by atoms with E-state index in [0.717, 1.165) is 5.56 Å². The number of carbonyl (C=O) groups excluding carboxylic acids is 2. The fourth-order valence-electron chi connectivity index (χ4n) is 2.58. The molecule has 0 fully saturated rings. The van der Waals surface area contributed by atoms with Crippen LogP contribution in [0.25, 0.3) is 0 Å². The number of hydrogen-bond donors (Lipinski definition) is 2. The average molecular weight is 491 g/mol. The molecule has 2 N–H and O–H groups in total. The van der Waals surface area contributed by atoms with Crippen molar-refractivity contribution in [2.24, 2.45) is 5.10 Å². The summed E-state index contributed by atoms with van der Waals surface area (Å²) in [4.78, 5) is 24.3. The molecule has 3 rings (SSSR count). The Labute approximate surface area is 200 Å². The van der Waals surface area contributed by atoms with Crippen LogP contribution in [0.5, 0.6) is 5.75 Å². The summed E-state index contributed by atoms with van der Waals surface area (Å²) < 4.78 is 5.37. The number of anilines is 1. The Kier molecular flexibility index (Phi) is 8.11. The molecule has 0 atom stereocenters. The Morgan fingerprint density at radius 2 is 1.50 bits per heavy atom. The van der Waals surface area contributed by atoms with Crippen LogP contribution in [0.2, 0.25) is 15.1 Å². The lowest BCUT2D eigenvalue weighted by atomic mass is 10.1. The van der Waals surface area contributed by atoms with Crippen molar-refractivity contribution in [3.63, 3.8) is 0 Å². The van der Waals surface area contributed by atoms with Crippen molar-refractivity contribution in [2.75, 3.05) is 11.9 Å². The predicted octanol–water partition coefficient (Wildman–Crippen LogP) is 5.82. The second-order valence-corrected chi connectivity index (χ2v) is 7.91. The minimum Gasteiger partial charge on any atom is -0.482 e. The van der Waals surface area contributed by atoms with E-state index in [1.807, 2.05) is 0 Å². The Morgan fingerprint density at radius 3 is 2.16 bits per heavy atom. The summed E-state index contributed by atoms with van der Waals surface area (Å²) >= 11 is 17.7. The highest BCUT2D eigenvalue weighted by atomic mass is 35.5. The van der Waals surface area contributed by atoms with Gasteiger partial charge in [0.25, 0.3) is 11.8 Å². The van der Waals surface area contributed by atoms with Gasteiger partial charge in [-0.25, -0.2) is 5.43 Å². The summed E-state index contributed by atoms with van der Waals surface area (Å²) in [6.07, 6.45) is 0. The third kappa shape index (κ3) is 6.72. The van der Waals surface area contributed by atoms with Gasteiger partial charge in [-0.3, -0.25) is 9.59 Å². The molecule has 0 aromatic heterocycles. The summed E-state index contributed by atoms with van der Waals surface area (Å²) in [5, 5.41) is 8.23. The minimum absolute atomic E-state index is 0.243. The van der Waals surface area contributed by atoms with E-state index in [1.54, 1.807) is 67.6 Å². The molecule has 0 aliphatic rings. The van der Waals surface area contributed by atoms with Gasteiger partial charge in [0.1, 0.15) is 5.75 Å². The molecule has 0 aliphatic heterocycles. The van der Waals surface area contributed by atoms with Crippen LogP contribution in [-0.4, -0.2) is 24.1 Å². The number of amides is 2. The molecule has 0 spiro atoms. The van der Waals surface area contributed by atoms with E-state index >= 15 is 0 Å². The monoisotopic (exact) mass is 489 g/mol. The molecular weight excluding hydrogens is 473 g/mol. The molecule has 9 heteroatoms. The molecule has 0 unspecified atom stereocenters. The molecular formula is C23H18Cl3N3O3. The van der Waals surface area contributed by atoms with Crippen LogP contribution < -0.4 is 15.5 Å². The SMILES string of the molecule is C/C(=N/NC(=O)COc1ccc(Cl)cc1Cl)c1ccc(NC(=O)c2ccc(Cl)cc2)cc1. The smallest absolute Gasteiger partial charge is 0.277 e. The zero-order valence-electron chi connectivity index (χ0n) is 16.9. The highest BCUT2D eigenvalue weighted by molar-refractivity contribution is 6.35. The van der Waals surface area contributed by atoms with Crippen LogP contribution in [-0.2, 0) is 4.79 Å². The first-order valence-electron chi connectivity index (χ1n) is 9.40. The van der Waals surface area contributed by atoms with Crippen molar-refractivity contribution in [1.82, 2.24) is 5.43 Å². The lowest BCUT2D eigenvalue weighted by Gasteiger charge is -2.08. The topological polar surface area (TPSA) is 79.8 Å². The van der Waals surface area contributed by atoms with Gasteiger partial charge >= 0.3 is 0 Å². The van der Waals surface area contributed by atoms with E-state index < -0.39 is 5.91 Å². The maximum atomic E-state index is 12.3. The van der Waals surface area contributed by atoms with Crippen molar-refractivity contribution < 1.29 is 14.3 Å². The number of halogens is 3. The maximum absolute atomic E-state index is 12.3. The zero-order valence-corrected chi connectivity index (χ0v) is 19.1. The molecule has 3 aromatic carbocycles. The van der Waals surface area contributed by atoms with Gasteiger partial charge in [-0.15, -0.1) is 0 Å². The summed E-state index contributed by atoms with van der Waals surface area (Å²) in [7, 11) is 0. The normalized spacial score (nSPS) is 11.1. The van der Waals surface area contributed by atoms with Crippen LogP contribution >= 0.6 is 34.8 Å². The van der Waals surface area contributed by atoms with Gasteiger partial charge in [0, 0.05) is 21.3 Å². The minimum atomic E-state index is -0.442. The van der Waals surface area contributed by atoms with Gasteiger partial charge < -0.3 is 10.1 Å². The van der Waals surface area contributed by atoms with Crippen molar-refractivity contribution >= 4 is 58.0 Å². The Morgan fingerprint density at radius 1 is 0.875 bits per heavy atom. The zero-order chi connectivity index (χ0) is 23.1. The van der Waals surface area contributed by atoms with E-state index in [2.05, 4.69) is 15.8 Å². The second kappa shape index (κ2) is 11.0. The summed E-state index contributed by atoms with van der Waals surface area (Å²) in [6.45, 7) is 1.49. The maximum Gasteiger partial charge on any atom is 0.277 e. The Balaban J connectivity index is 1.52. The van der Waals surface area contributed by atoms with Gasteiger partial charge in [-0.2, -0.15) is 5.10 Å². The summed E-state index contributed by atoms with van der Waals surface area (Å²) in [6, 6.07) is 18.4. The van der Waals surface area contributed by atoms with Gasteiger partial charge in [0.05, 0.1) is 10.7 Å². The second-order valence-electron chi connectivity index (χ2n) is 6.63. The van der Waals surface area contributed by atoms with Crippen LogP contribution in [0.15, 0.2) is 71.8 Å². The van der Waals surface area contributed by atoms with E-state index in [4.69, 9.17) is 39.5 Å². The van der Waals surface area contributed by atoms with E-state index in [9.17, 15) is 9.59 Å². The number of ether oxygens (including phenoxy) is 1. The summed E-state index contributed by atoms with van der Waals surface area (Å²) in [5.74, 6) is -0.335. The number of benzene rings is 3. The first kappa shape index (κ1) is 23.6. The number of rotatable bonds is 7.